The van der Waals surface area contributed by atoms with Crippen molar-refractivity contribution in [2.24, 2.45) is 4.99 Å². The first-order valence-corrected chi connectivity index (χ1v) is 13.2. The Bertz CT molecular complexity index is 1110. The van der Waals surface area contributed by atoms with Gasteiger partial charge in [-0.2, -0.15) is 0 Å². The largest absolute Gasteiger partial charge is 0.497 e. The molecular formula is C26H34N4O6S. The van der Waals surface area contributed by atoms with Crippen LogP contribution < -0.4 is 14.8 Å². The summed E-state index contributed by atoms with van der Waals surface area (Å²) in [5.74, 6) is 0.652. The van der Waals surface area contributed by atoms with Crippen LogP contribution in [0.1, 0.15) is 31.4 Å². The van der Waals surface area contributed by atoms with E-state index in [0.29, 0.717) is 40.9 Å². The second-order valence-electron chi connectivity index (χ2n) is 8.69. The summed E-state index contributed by atoms with van der Waals surface area (Å²) >= 11 is 1.44. The van der Waals surface area contributed by atoms with Crippen molar-refractivity contribution in [3.05, 3.63) is 46.1 Å². The summed E-state index contributed by atoms with van der Waals surface area (Å²) in [6.07, 6.45) is 0.691. The van der Waals surface area contributed by atoms with Crippen molar-refractivity contribution in [3.63, 3.8) is 0 Å². The molecule has 0 unspecified atom stereocenters. The van der Waals surface area contributed by atoms with Crippen LogP contribution in [0.4, 0.5) is 0 Å². The van der Waals surface area contributed by atoms with Gasteiger partial charge in [-0.25, -0.2) is 9.79 Å². The lowest BCUT2D eigenvalue weighted by molar-refractivity contribution is -0.136. The molecule has 0 radical (unpaired) electrons. The van der Waals surface area contributed by atoms with E-state index in [9.17, 15) is 9.59 Å². The van der Waals surface area contributed by atoms with E-state index in [4.69, 9.17) is 23.9 Å². The SMILES string of the molecule is CCC1=C(C(=O)OC)[C@H](c2cc(OC)ccc2OC)N2C(CC(=O)NCCN3CCOCC3)=CSC2=N1. The summed E-state index contributed by atoms with van der Waals surface area (Å²) in [5.41, 5.74) is 2.53. The Labute approximate surface area is 221 Å². The molecule has 0 saturated carbocycles. The summed E-state index contributed by atoms with van der Waals surface area (Å²) < 4.78 is 21.8. The highest BCUT2D eigenvalue weighted by Crippen LogP contribution is 2.48. The lowest BCUT2D eigenvalue weighted by Crippen LogP contribution is -2.42. The highest BCUT2D eigenvalue weighted by Gasteiger charge is 2.42. The van der Waals surface area contributed by atoms with E-state index in [1.807, 2.05) is 29.4 Å². The van der Waals surface area contributed by atoms with Crippen molar-refractivity contribution in [2.75, 3.05) is 60.7 Å². The minimum atomic E-state index is -0.595. The van der Waals surface area contributed by atoms with Crippen LogP contribution >= 0.6 is 11.8 Å². The molecule has 0 bridgehead atoms. The van der Waals surface area contributed by atoms with E-state index in [-0.39, 0.29) is 12.3 Å². The van der Waals surface area contributed by atoms with Gasteiger partial charge < -0.3 is 29.2 Å². The first kappa shape index (κ1) is 27.0. The van der Waals surface area contributed by atoms with Gasteiger partial charge in [0.25, 0.3) is 0 Å². The number of carbonyl (C=O) groups is 2. The highest BCUT2D eigenvalue weighted by atomic mass is 32.2. The van der Waals surface area contributed by atoms with Crippen LogP contribution in [0.25, 0.3) is 0 Å². The number of esters is 1. The van der Waals surface area contributed by atoms with Gasteiger partial charge in [0.15, 0.2) is 5.17 Å². The van der Waals surface area contributed by atoms with E-state index in [1.54, 1.807) is 20.3 Å². The Morgan fingerprint density at radius 3 is 2.65 bits per heavy atom. The number of aliphatic imine (C=N–C) groups is 1. The van der Waals surface area contributed by atoms with Gasteiger partial charge >= 0.3 is 5.97 Å². The molecule has 3 aliphatic heterocycles. The Kier molecular flexibility index (Phi) is 9.12. The molecule has 4 rings (SSSR count). The molecule has 1 aromatic carbocycles. The molecule has 10 nitrogen and oxygen atoms in total. The standard InChI is InChI=1S/C26H34N4O6S/c1-5-20-23(25(32)35-4)24(19-15-18(33-2)6-7-21(19)34-3)30-17(16-37-26(30)28-20)14-22(31)27-8-9-29-10-12-36-13-11-29/h6-7,15-16,24H,5,8-14H2,1-4H3,(H,27,31)/t24-/m0/s1. The highest BCUT2D eigenvalue weighted by molar-refractivity contribution is 8.16. The number of ether oxygens (including phenoxy) is 4. The van der Waals surface area contributed by atoms with Crippen LogP contribution in [0.5, 0.6) is 11.5 Å². The van der Waals surface area contributed by atoms with E-state index >= 15 is 0 Å². The Morgan fingerprint density at radius 1 is 1.19 bits per heavy atom. The Morgan fingerprint density at radius 2 is 1.97 bits per heavy atom. The molecule has 1 saturated heterocycles. The molecule has 3 aliphatic rings. The van der Waals surface area contributed by atoms with E-state index in [1.165, 1.54) is 18.9 Å². The number of thioether (sulfide) groups is 1. The molecular weight excluding hydrogens is 496 g/mol. The maximum absolute atomic E-state index is 13.1. The summed E-state index contributed by atoms with van der Waals surface area (Å²) in [6, 6.07) is 4.87. The van der Waals surface area contributed by atoms with Gasteiger partial charge in [0.05, 0.1) is 58.3 Å². The number of rotatable bonds is 10. The number of benzene rings is 1. The number of nitrogens with zero attached hydrogens (tertiary/aromatic N) is 3. The molecule has 200 valence electrons. The van der Waals surface area contributed by atoms with Crippen molar-refractivity contribution in [2.45, 2.75) is 25.8 Å². The smallest absolute Gasteiger partial charge is 0.338 e. The number of amidine groups is 1. The molecule has 1 fully saturated rings. The topological polar surface area (TPSA) is 102 Å². The third kappa shape index (κ3) is 5.94. The molecule has 0 aliphatic carbocycles. The normalized spacial score (nSPS) is 19.7. The zero-order chi connectivity index (χ0) is 26.4. The van der Waals surface area contributed by atoms with Crippen LogP contribution in [0, 0.1) is 0 Å². The van der Waals surface area contributed by atoms with E-state index < -0.39 is 12.0 Å². The van der Waals surface area contributed by atoms with Crippen molar-refractivity contribution < 1.29 is 28.5 Å². The summed E-state index contributed by atoms with van der Waals surface area (Å²) in [7, 11) is 4.54. The Balaban J connectivity index is 1.62. The lowest BCUT2D eigenvalue weighted by atomic mass is 9.92. The number of amides is 1. The number of allylic oxidation sites excluding steroid dienone is 1. The van der Waals surface area contributed by atoms with Gasteiger partial charge in [-0.15, -0.1) is 0 Å². The average molecular weight is 531 g/mol. The second-order valence-corrected chi connectivity index (χ2v) is 9.52. The molecule has 3 heterocycles. The summed E-state index contributed by atoms with van der Waals surface area (Å²) in [4.78, 5) is 35.1. The number of morpholine rings is 1. The van der Waals surface area contributed by atoms with Crippen LogP contribution in [0.2, 0.25) is 0 Å². The van der Waals surface area contributed by atoms with Crippen molar-refractivity contribution in [1.29, 1.82) is 0 Å². The fourth-order valence-electron chi connectivity index (χ4n) is 4.66. The van der Waals surface area contributed by atoms with Gasteiger partial charge in [-0.05, 0) is 30.0 Å². The third-order valence-electron chi connectivity index (χ3n) is 6.56. The third-order valence-corrected chi connectivity index (χ3v) is 7.44. The van der Waals surface area contributed by atoms with Crippen LogP contribution in [0.15, 0.2) is 45.6 Å². The molecule has 1 aromatic rings. The van der Waals surface area contributed by atoms with Gasteiger partial charge in [0.1, 0.15) is 11.5 Å². The molecule has 11 heteroatoms. The van der Waals surface area contributed by atoms with Crippen LogP contribution in [0.3, 0.4) is 0 Å². The molecule has 1 atom stereocenters. The van der Waals surface area contributed by atoms with Gasteiger partial charge in [-0.1, -0.05) is 18.7 Å². The number of nitrogens with one attached hydrogen (secondary N) is 1. The maximum Gasteiger partial charge on any atom is 0.338 e. The zero-order valence-electron chi connectivity index (χ0n) is 21.7. The number of fused-ring (bicyclic) bond motifs is 1. The average Bonchev–Trinajstić information content (AvgIpc) is 3.33. The fourth-order valence-corrected chi connectivity index (χ4v) is 5.60. The minimum absolute atomic E-state index is 0.0948. The van der Waals surface area contributed by atoms with Crippen LogP contribution in [-0.2, 0) is 19.1 Å². The summed E-state index contributed by atoms with van der Waals surface area (Å²) in [5, 5.41) is 5.65. The predicted octanol–water partition coefficient (Wildman–Crippen LogP) is 2.68. The number of carbonyl (C=O) groups excluding carboxylic acids is 2. The molecule has 1 N–H and O–H groups in total. The van der Waals surface area contributed by atoms with Crippen molar-refractivity contribution in [1.82, 2.24) is 15.1 Å². The fraction of sp³-hybridized carbons (Fsp3) is 0.500. The van der Waals surface area contributed by atoms with Gasteiger partial charge in [0.2, 0.25) is 5.91 Å². The predicted molar refractivity (Wildman–Crippen MR) is 141 cm³/mol. The quantitative estimate of drug-likeness (QED) is 0.458. The minimum Gasteiger partial charge on any atom is -0.497 e. The van der Waals surface area contributed by atoms with Crippen molar-refractivity contribution in [3.8, 4) is 11.5 Å². The van der Waals surface area contributed by atoms with Gasteiger partial charge in [0, 0.05) is 37.4 Å². The van der Waals surface area contributed by atoms with Crippen molar-refractivity contribution >= 4 is 28.8 Å². The molecule has 0 spiro atoms. The Hall–Kier alpha value is -3.02. The number of methoxy groups -OCH3 is 3. The number of hydrogen-bond acceptors (Lipinski definition) is 10. The number of hydrogen-bond donors (Lipinski definition) is 1. The monoisotopic (exact) mass is 530 g/mol. The summed E-state index contributed by atoms with van der Waals surface area (Å²) in [6.45, 7) is 6.47. The van der Waals surface area contributed by atoms with E-state index in [0.717, 1.165) is 44.1 Å². The zero-order valence-corrected chi connectivity index (χ0v) is 22.6. The molecule has 1 amide bonds. The second kappa shape index (κ2) is 12.5. The van der Waals surface area contributed by atoms with Crippen LogP contribution in [-0.4, -0.2) is 87.6 Å². The van der Waals surface area contributed by atoms with E-state index in [2.05, 4.69) is 10.2 Å². The molecule has 0 aromatic heterocycles. The van der Waals surface area contributed by atoms with Gasteiger partial charge in [-0.3, -0.25) is 9.69 Å². The molecule has 37 heavy (non-hydrogen) atoms. The first-order valence-electron chi connectivity index (χ1n) is 12.3. The lowest BCUT2D eigenvalue weighted by Gasteiger charge is -2.37. The maximum atomic E-state index is 13.1. The first-order chi connectivity index (χ1) is 18.0.